The number of nitrogens with one attached hydrogen (secondary N) is 1. The average molecular weight is 282 g/mol. The van der Waals surface area contributed by atoms with Crippen molar-refractivity contribution in [3.05, 3.63) is 0 Å². The Labute approximate surface area is 128 Å². The molecule has 2 atom stereocenters. The molecule has 120 valence electrons. The second kappa shape index (κ2) is 8.41. The Morgan fingerprint density at radius 1 is 1.00 bits per heavy atom. The van der Waals surface area contributed by atoms with Crippen molar-refractivity contribution in [2.45, 2.75) is 105 Å². The van der Waals surface area contributed by atoms with Crippen LogP contribution in [0.3, 0.4) is 0 Å². The molecule has 0 aromatic rings. The summed E-state index contributed by atoms with van der Waals surface area (Å²) in [5.41, 5.74) is 0.547. The molecule has 0 saturated heterocycles. The highest BCUT2D eigenvalue weighted by Gasteiger charge is 2.32. The second-order valence-electron chi connectivity index (χ2n) is 7.91. The van der Waals surface area contributed by atoms with Crippen LogP contribution in [0.1, 0.15) is 92.9 Å². The van der Waals surface area contributed by atoms with E-state index < -0.39 is 0 Å². The lowest BCUT2D eigenvalue weighted by Gasteiger charge is -2.40. The van der Waals surface area contributed by atoms with Gasteiger partial charge < -0.3 is 5.32 Å². The first kappa shape index (κ1) is 18.0. The fourth-order valence-electron chi connectivity index (χ4n) is 3.67. The van der Waals surface area contributed by atoms with E-state index in [-0.39, 0.29) is 0 Å². The fraction of sp³-hybridized carbons (Fsp3) is 1.00. The van der Waals surface area contributed by atoms with Gasteiger partial charge in [0.05, 0.1) is 0 Å². The van der Waals surface area contributed by atoms with Crippen LogP contribution in [0.4, 0.5) is 0 Å². The molecule has 20 heavy (non-hydrogen) atoms. The third kappa shape index (κ3) is 5.39. The zero-order valence-corrected chi connectivity index (χ0v) is 15.0. The van der Waals surface area contributed by atoms with Gasteiger partial charge in [0.1, 0.15) is 0 Å². The Kier molecular flexibility index (Phi) is 7.58. The summed E-state index contributed by atoms with van der Waals surface area (Å²) in [4.78, 5) is 0. The minimum Gasteiger partial charge on any atom is -0.311 e. The van der Waals surface area contributed by atoms with Crippen molar-refractivity contribution in [2.75, 3.05) is 0 Å². The molecule has 1 rings (SSSR count). The smallest absolute Gasteiger partial charge is 0.00698 e. The minimum atomic E-state index is 0.547. The van der Waals surface area contributed by atoms with Gasteiger partial charge in [0.25, 0.3) is 0 Å². The van der Waals surface area contributed by atoms with Crippen molar-refractivity contribution in [3.8, 4) is 0 Å². The van der Waals surface area contributed by atoms with Gasteiger partial charge in [-0.15, -0.1) is 0 Å². The summed E-state index contributed by atoms with van der Waals surface area (Å²) in [5, 5.41) is 3.96. The van der Waals surface area contributed by atoms with E-state index in [2.05, 4.69) is 46.9 Å². The van der Waals surface area contributed by atoms with E-state index in [1.54, 1.807) is 0 Å². The second-order valence-corrected chi connectivity index (χ2v) is 7.91. The van der Waals surface area contributed by atoms with E-state index in [0.29, 0.717) is 5.41 Å². The van der Waals surface area contributed by atoms with Crippen LogP contribution in [0, 0.1) is 17.3 Å². The van der Waals surface area contributed by atoms with Crippen molar-refractivity contribution in [1.29, 1.82) is 0 Å². The monoisotopic (exact) mass is 281 g/mol. The van der Waals surface area contributed by atoms with E-state index in [1.165, 1.54) is 51.4 Å². The molecule has 0 aliphatic heterocycles. The van der Waals surface area contributed by atoms with Crippen LogP contribution in [-0.4, -0.2) is 12.1 Å². The number of rotatable bonds is 8. The Bertz CT molecular complexity index is 250. The first-order valence-corrected chi connectivity index (χ1v) is 9.18. The summed E-state index contributed by atoms with van der Waals surface area (Å²) < 4.78 is 0. The number of hydrogen-bond acceptors (Lipinski definition) is 1. The lowest BCUT2D eigenvalue weighted by molar-refractivity contribution is 0.132. The van der Waals surface area contributed by atoms with Gasteiger partial charge in [0.2, 0.25) is 0 Å². The zero-order valence-electron chi connectivity index (χ0n) is 15.0. The molecular weight excluding hydrogens is 242 g/mol. The molecule has 0 spiro atoms. The zero-order chi connectivity index (χ0) is 15.2. The quantitative estimate of drug-likeness (QED) is 0.594. The minimum absolute atomic E-state index is 0.547. The highest BCUT2D eigenvalue weighted by molar-refractivity contribution is 4.86. The molecule has 1 aliphatic rings. The molecule has 1 nitrogen and oxygen atoms in total. The highest BCUT2D eigenvalue weighted by Crippen LogP contribution is 2.40. The Morgan fingerprint density at radius 3 is 2.05 bits per heavy atom. The van der Waals surface area contributed by atoms with E-state index >= 15 is 0 Å². The molecular formula is C19H39N. The van der Waals surface area contributed by atoms with E-state index in [9.17, 15) is 0 Å². The Balaban J connectivity index is 2.37. The van der Waals surface area contributed by atoms with Crippen molar-refractivity contribution in [1.82, 2.24) is 5.32 Å². The van der Waals surface area contributed by atoms with Gasteiger partial charge in [-0.2, -0.15) is 0 Å². The maximum Gasteiger partial charge on any atom is 0.00698 e. The molecule has 0 aromatic carbocycles. The summed E-state index contributed by atoms with van der Waals surface area (Å²) >= 11 is 0. The predicted molar refractivity (Wildman–Crippen MR) is 91.1 cm³/mol. The number of hydrogen-bond donors (Lipinski definition) is 1. The first-order chi connectivity index (χ1) is 9.42. The van der Waals surface area contributed by atoms with Crippen LogP contribution in [0.2, 0.25) is 0 Å². The van der Waals surface area contributed by atoms with E-state index in [4.69, 9.17) is 0 Å². The predicted octanol–water partition coefficient (Wildman–Crippen LogP) is 5.79. The normalized spacial score (nSPS) is 27.3. The maximum absolute atomic E-state index is 3.96. The topological polar surface area (TPSA) is 12.0 Å². The van der Waals surface area contributed by atoms with E-state index in [1.807, 2.05) is 0 Å². The molecule has 2 unspecified atom stereocenters. The SMILES string of the molecule is CCC(C)CC(CC)NC1CCC(C(C)(C)CC)CC1. The largest absolute Gasteiger partial charge is 0.311 e. The first-order valence-electron chi connectivity index (χ1n) is 9.18. The third-order valence-corrected chi connectivity index (χ3v) is 6.09. The molecule has 0 bridgehead atoms. The van der Waals surface area contributed by atoms with Gasteiger partial charge in [-0.05, 0) is 55.8 Å². The van der Waals surface area contributed by atoms with Crippen molar-refractivity contribution < 1.29 is 0 Å². The lowest BCUT2D eigenvalue weighted by atomic mass is 9.69. The summed E-state index contributed by atoms with van der Waals surface area (Å²) in [6.45, 7) is 14.3. The standard InChI is InChI=1S/C19H39N/c1-7-15(4)14-17(8-2)20-18-12-10-16(11-13-18)19(5,6)9-3/h15-18,20H,7-14H2,1-6H3. The van der Waals surface area contributed by atoms with Crippen LogP contribution in [0.25, 0.3) is 0 Å². The fourth-order valence-corrected chi connectivity index (χ4v) is 3.67. The third-order valence-electron chi connectivity index (χ3n) is 6.09. The van der Waals surface area contributed by atoms with Gasteiger partial charge in [-0.25, -0.2) is 0 Å². The van der Waals surface area contributed by atoms with Gasteiger partial charge in [0.15, 0.2) is 0 Å². The summed E-state index contributed by atoms with van der Waals surface area (Å²) in [6.07, 6.45) is 10.9. The summed E-state index contributed by atoms with van der Waals surface area (Å²) in [5.74, 6) is 1.81. The highest BCUT2D eigenvalue weighted by atomic mass is 14.9. The van der Waals surface area contributed by atoms with Gasteiger partial charge in [-0.3, -0.25) is 0 Å². The van der Waals surface area contributed by atoms with Gasteiger partial charge in [-0.1, -0.05) is 54.4 Å². The van der Waals surface area contributed by atoms with Gasteiger partial charge in [0, 0.05) is 12.1 Å². The van der Waals surface area contributed by atoms with Crippen molar-refractivity contribution in [3.63, 3.8) is 0 Å². The van der Waals surface area contributed by atoms with Crippen LogP contribution in [-0.2, 0) is 0 Å². The van der Waals surface area contributed by atoms with E-state index in [0.717, 1.165) is 23.9 Å². The van der Waals surface area contributed by atoms with Gasteiger partial charge >= 0.3 is 0 Å². The molecule has 1 aliphatic carbocycles. The molecule has 1 N–H and O–H groups in total. The van der Waals surface area contributed by atoms with Crippen LogP contribution >= 0.6 is 0 Å². The van der Waals surface area contributed by atoms with Crippen LogP contribution < -0.4 is 5.32 Å². The van der Waals surface area contributed by atoms with Crippen molar-refractivity contribution >= 4 is 0 Å². The molecule has 0 amide bonds. The average Bonchev–Trinajstić information content (AvgIpc) is 2.46. The van der Waals surface area contributed by atoms with Crippen LogP contribution in [0.5, 0.6) is 0 Å². The maximum atomic E-state index is 3.96. The summed E-state index contributed by atoms with van der Waals surface area (Å²) in [7, 11) is 0. The van der Waals surface area contributed by atoms with Crippen LogP contribution in [0.15, 0.2) is 0 Å². The molecule has 1 heteroatoms. The molecule has 1 fully saturated rings. The lowest BCUT2D eigenvalue weighted by Crippen LogP contribution is -2.42. The molecule has 0 aromatic heterocycles. The Hall–Kier alpha value is -0.0400. The summed E-state index contributed by atoms with van der Waals surface area (Å²) in [6, 6.07) is 1.53. The molecule has 0 heterocycles. The molecule has 0 radical (unpaired) electrons. The Morgan fingerprint density at radius 2 is 1.60 bits per heavy atom. The van der Waals surface area contributed by atoms with Crippen molar-refractivity contribution in [2.24, 2.45) is 17.3 Å². The molecule has 1 saturated carbocycles.